The molecule has 1 unspecified atom stereocenters. The third kappa shape index (κ3) is 2.59. The van der Waals surface area contributed by atoms with Gasteiger partial charge in [0.2, 0.25) is 0 Å². The number of halogens is 1. The molecular formula is C15H18BrNO3. The van der Waals surface area contributed by atoms with Crippen molar-refractivity contribution in [2.75, 3.05) is 6.54 Å². The average Bonchev–Trinajstić information content (AvgIpc) is 2.41. The van der Waals surface area contributed by atoms with Crippen LogP contribution in [0.15, 0.2) is 22.7 Å². The Bertz CT molecular complexity index is 558. The topological polar surface area (TPSA) is 57.6 Å². The molecule has 4 nitrogen and oxygen atoms in total. The van der Waals surface area contributed by atoms with Crippen LogP contribution in [0.25, 0.3) is 0 Å². The van der Waals surface area contributed by atoms with Gasteiger partial charge in [0.25, 0.3) is 5.91 Å². The lowest BCUT2D eigenvalue weighted by atomic mass is 9.87. The number of benzene rings is 1. The number of aliphatic carboxylic acids is 1. The van der Waals surface area contributed by atoms with Crippen LogP contribution >= 0.6 is 15.9 Å². The molecule has 1 aliphatic heterocycles. The molecule has 108 valence electrons. The number of rotatable bonds is 2. The highest BCUT2D eigenvalue weighted by molar-refractivity contribution is 9.10. The minimum Gasteiger partial charge on any atom is -0.480 e. The van der Waals surface area contributed by atoms with E-state index in [4.69, 9.17) is 0 Å². The first-order valence-electron chi connectivity index (χ1n) is 6.68. The summed E-state index contributed by atoms with van der Waals surface area (Å²) in [7, 11) is 0. The lowest BCUT2D eigenvalue weighted by Gasteiger charge is -2.41. The van der Waals surface area contributed by atoms with E-state index in [0.29, 0.717) is 18.5 Å². The number of carbonyl (C=O) groups is 2. The summed E-state index contributed by atoms with van der Waals surface area (Å²) in [5, 5.41) is 9.48. The van der Waals surface area contributed by atoms with Crippen molar-refractivity contribution < 1.29 is 14.7 Å². The first-order chi connectivity index (χ1) is 9.36. The zero-order chi connectivity index (χ0) is 14.9. The van der Waals surface area contributed by atoms with Gasteiger partial charge in [-0.2, -0.15) is 0 Å². The molecule has 20 heavy (non-hydrogen) atoms. The molecule has 1 aliphatic rings. The van der Waals surface area contributed by atoms with Crippen molar-refractivity contribution in [2.45, 2.75) is 38.6 Å². The van der Waals surface area contributed by atoms with Gasteiger partial charge in [0.05, 0.1) is 0 Å². The Labute approximate surface area is 126 Å². The lowest BCUT2D eigenvalue weighted by molar-refractivity contribution is -0.150. The number of carboxylic acid groups (broad SMARTS) is 1. The van der Waals surface area contributed by atoms with E-state index in [1.807, 2.05) is 19.1 Å². The second-order valence-corrected chi connectivity index (χ2v) is 6.37. The molecule has 5 heteroatoms. The van der Waals surface area contributed by atoms with Crippen LogP contribution in [-0.2, 0) is 4.79 Å². The molecule has 0 spiro atoms. The fourth-order valence-electron chi connectivity index (χ4n) is 2.64. The Morgan fingerprint density at radius 2 is 2.05 bits per heavy atom. The molecule has 1 aromatic rings. The normalized spacial score (nSPS) is 22.6. The van der Waals surface area contributed by atoms with Gasteiger partial charge in [0.15, 0.2) is 0 Å². The number of carbonyl (C=O) groups excluding carboxylic acids is 1. The summed E-state index contributed by atoms with van der Waals surface area (Å²) < 4.78 is 0.820. The number of carboxylic acids is 1. The van der Waals surface area contributed by atoms with Crippen molar-refractivity contribution >= 4 is 27.8 Å². The summed E-state index contributed by atoms with van der Waals surface area (Å²) in [4.78, 5) is 25.8. The van der Waals surface area contributed by atoms with E-state index in [0.717, 1.165) is 22.9 Å². The van der Waals surface area contributed by atoms with Gasteiger partial charge < -0.3 is 10.0 Å². The fraction of sp³-hybridized carbons (Fsp3) is 0.467. The lowest BCUT2D eigenvalue weighted by Crippen LogP contribution is -2.57. The minimum atomic E-state index is -1.11. The molecule has 1 atom stereocenters. The van der Waals surface area contributed by atoms with Crippen LogP contribution in [0.1, 0.15) is 42.1 Å². The molecular weight excluding hydrogens is 322 g/mol. The zero-order valence-electron chi connectivity index (χ0n) is 11.6. The summed E-state index contributed by atoms with van der Waals surface area (Å²) in [6, 6.07) is 5.49. The third-order valence-corrected chi connectivity index (χ3v) is 4.52. The monoisotopic (exact) mass is 339 g/mol. The number of aryl methyl sites for hydroxylation is 1. The van der Waals surface area contributed by atoms with Crippen LogP contribution in [0.2, 0.25) is 0 Å². The predicted octanol–water partition coefficient (Wildman–Crippen LogP) is 3.23. The summed E-state index contributed by atoms with van der Waals surface area (Å²) in [5.74, 6) is -1.13. The van der Waals surface area contributed by atoms with E-state index in [1.54, 1.807) is 13.0 Å². The van der Waals surface area contributed by atoms with Gasteiger partial charge in [0, 0.05) is 16.6 Å². The number of amides is 1. The van der Waals surface area contributed by atoms with Crippen LogP contribution in [-0.4, -0.2) is 34.0 Å². The third-order valence-electron chi connectivity index (χ3n) is 4.03. The van der Waals surface area contributed by atoms with Gasteiger partial charge >= 0.3 is 5.97 Å². The van der Waals surface area contributed by atoms with Crippen LogP contribution in [0, 0.1) is 6.92 Å². The SMILES string of the molecule is Cc1ccc(Br)cc1C(=O)N1CCCCC1(C)C(=O)O. The van der Waals surface area contributed by atoms with Crippen LogP contribution < -0.4 is 0 Å². The van der Waals surface area contributed by atoms with E-state index in [-0.39, 0.29) is 5.91 Å². The number of piperidine rings is 1. The van der Waals surface area contributed by atoms with Crippen molar-refractivity contribution in [1.82, 2.24) is 4.90 Å². The Hall–Kier alpha value is -1.36. The van der Waals surface area contributed by atoms with E-state index in [2.05, 4.69) is 15.9 Å². The Balaban J connectivity index is 2.40. The Kier molecular flexibility index (Phi) is 4.18. The van der Waals surface area contributed by atoms with Gasteiger partial charge in [0.1, 0.15) is 5.54 Å². The maximum Gasteiger partial charge on any atom is 0.329 e. The van der Waals surface area contributed by atoms with Crippen LogP contribution in [0.3, 0.4) is 0 Å². The van der Waals surface area contributed by atoms with Gasteiger partial charge in [-0.25, -0.2) is 4.79 Å². The number of hydrogen-bond donors (Lipinski definition) is 1. The summed E-state index contributed by atoms with van der Waals surface area (Å²) >= 11 is 3.36. The second kappa shape index (κ2) is 5.56. The van der Waals surface area contributed by atoms with Crippen LogP contribution in [0.4, 0.5) is 0 Å². The number of likely N-dealkylation sites (tertiary alicyclic amines) is 1. The highest BCUT2D eigenvalue weighted by Gasteiger charge is 2.44. The maximum absolute atomic E-state index is 12.7. The largest absolute Gasteiger partial charge is 0.480 e. The minimum absolute atomic E-state index is 0.201. The molecule has 0 aliphatic carbocycles. The Morgan fingerprint density at radius 1 is 1.35 bits per heavy atom. The fourth-order valence-corrected chi connectivity index (χ4v) is 3.00. The summed E-state index contributed by atoms with van der Waals surface area (Å²) in [6.45, 7) is 4.00. The van der Waals surface area contributed by atoms with Gasteiger partial charge in [-0.1, -0.05) is 22.0 Å². The zero-order valence-corrected chi connectivity index (χ0v) is 13.2. The molecule has 1 fully saturated rings. The molecule has 1 amide bonds. The molecule has 1 N–H and O–H groups in total. The molecule has 1 heterocycles. The molecule has 2 rings (SSSR count). The molecule has 0 radical (unpaired) electrons. The van der Waals surface area contributed by atoms with Crippen molar-refractivity contribution in [3.05, 3.63) is 33.8 Å². The van der Waals surface area contributed by atoms with E-state index in [9.17, 15) is 14.7 Å². The highest BCUT2D eigenvalue weighted by Crippen LogP contribution is 2.30. The second-order valence-electron chi connectivity index (χ2n) is 5.45. The molecule has 1 aromatic carbocycles. The molecule has 1 saturated heterocycles. The molecule has 0 saturated carbocycles. The van der Waals surface area contributed by atoms with E-state index < -0.39 is 11.5 Å². The smallest absolute Gasteiger partial charge is 0.329 e. The summed E-state index contributed by atoms with van der Waals surface area (Å²) in [6.07, 6.45) is 2.19. The average molecular weight is 340 g/mol. The quantitative estimate of drug-likeness (QED) is 0.899. The van der Waals surface area contributed by atoms with Crippen LogP contribution in [0.5, 0.6) is 0 Å². The summed E-state index contributed by atoms with van der Waals surface area (Å²) in [5.41, 5.74) is 0.314. The van der Waals surface area contributed by atoms with E-state index in [1.165, 1.54) is 4.90 Å². The van der Waals surface area contributed by atoms with Gasteiger partial charge in [-0.05, 0) is 50.8 Å². The van der Waals surface area contributed by atoms with Crippen molar-refractivity contribution in [1.29, 1.82) is 0 Å². The predicted molar refractivity (Wildman–Crippen MR) is 79.8 cm³/mol. The van der Waals surface area contributed by atoms with Gasteiger partial charge in [-0.3, -0.25) is 4.79 Å². The first kappa shape index (κ1) is 15.0. The van der Waals surface area contributed by atoms with Gasteiger partial charge in [-0.15, -0.1) is 0 Å². The van der Waals surface area contributed by atoms with Crippen molar-refractivity contribution in [3.8, 4) is 0 Å². The van der Waals surface area contributed by atoms with E-state index >= 15 is 0 Å². The van der Waals surface area contributed by atoms with Crippen molar-refractivity contribution in [2.24, 2.45) is 0 Å². The van der Waals surface area contributed by atoms with Crippen molar-refractivity contribution in [3.63, 3.8) is 0 Å². The number of nitrogens with zero attached hydrogens (tertiary/aromatic N) is 1. The number of hydrogen-bond acceptors (Lipinski definition) is 2. The molecule has 0 aromatic heterocycles. The maximum atomic E-state index is 12.7. The Morgan fingerprint density at radius 3 is 2.70 bits per heavy atom. The first-order valence-corrected chi connectivity index (χ1v) is 7.47. The standard InChI is InChI=1S/C15H18BrNO3/c1-10-5-6-11(16)9-12(10)13(18)17-8-4-3-7-15(17,2)14(19)20/h5-6,9H,3-4,7-8H2,1-2H3,(H,19,20). The highest BCUT2D eigenvalue weighted by atomic mass is 79.9. The molecule has 0 bridgehead atoms.